The second-order valence-corrected chi connectivity index (χ2v) is 6.72. The van der Waals surface area contributed by atoms with Crippen molar-refractivity contribution in [1.29, 1.82) is 0 Å². The molecule has 2 aromatic carbocycles. The lowest BCUT2D eigenvalue weighted by atomic mass is 10.1. The van der Waals surface area contributed by atoms with Crippen LogP contribution in [0.1, 0.15) is 18.1 Å². The van der Waals surface area contributed by atoms with Crippen LogP contribution in [0.15, 0.2) is 42.5 Å². The van der Waals surface area contributed by atoms with Crippen molar-refractivity contribution in [3.8, 4) is 5.75 Å². The van der Waals surface area contributed by atoms with Gasteiger partial charge in [-0.3, -0.25) is 19.3 Å². The molecule has 0 fully saturated rings. The predicted molar refractivity (Wildman–Crippen MR) is 106 cm³/mol. The number of aryl methyl sites for hydroxylation is 1. The van der Waals surface area contributed by atoms with Gasteiger partial charge in [0.1, 0.15) is 12.3 Å². The summed E-state index contributed by atoms with van der Waals surface area (Å²) < 4.78 is 5.55. The number of carbonyl (C=O) groups is 3. The molecule has 0 unspecified atom stereocenters. The Morgan fingerprint density at radius 2 is 1.82 bits per heavy atom. The van der Waals surface area contributed by atoms with Gasteiger partial charge in [0.15, 0.2) is 6.10 Å². The zero-order valence-electron chi connectivity index (χ0n) is 16.1. The van der Waals surface area contributed by atoms with Crippen molar-refractivity contribution in [3.63, 3.8) is 0 Å². The summed E-state index contributed by atoms with van der Waals surface area (Å²) in [6, 6.07) is 12.7. The van der Waals surface area contributed by atoms with Crippen LogP contribution in [0.3, 0.4) is 0 Å². The summed E-state index contributed by atoms with van der Waals surface area (Å²) in [7, 11) is 0. The summed E-state index contributed by atoms with van der Waals surface area (Å²) in [5.74, 6) is -0.499. The first-order valence-corrected chi connectivity index (χ1v) is 9.06. The van der Waals surface area contributed by atoms with Crippen LogP contribution in [0.4, 0.5) is 11.4 Å². The van der Waals surface area contributed by atoms with E-state index in [4.69, 9.17) is 4.74 Å². The minimum Gasteiger partial charge on any atom is -0.479 e. The van der Waals surface area contributed by atoms with Crippen molar-refractivity contribution in [2.45, 2.75) is 26.9 Å². The number of amides is 3. The van der Waals surface area contributed by atoms with Gasteiger partial charge in [-0.1, -0.05) is 24.3 Å². The number of fused-ring (bicyclic) bond motifs is 1. The van der Waals surface area contributed by atoms with Crippen LogP contribution in [-0.4, -0.2) is 36.9 Å². The molecule has 2 aromatic rings. The Morgan fingerprint density at radius 1 is 1.07 bits per heavy atom. The molecule has 1 aliphatic rings. The number of rotatable bonds is 5. The van der Waals surface area contributed by atoms with Gasteiger partial charge in [-0.2, -0.15) is 0 Å². The Hall–Kier alpha value is -3.35. The molecule has 7 heteroatoms. The van der Waals surface area contributed by atoms with Crippen molar-refractivity contribution in [2.75, 3.05) is 23.3 Å². The second kappa shape index (κ2) is 8.12. The van der Waals surface area contributed by atoms with Crippen LogP contribution in [0.25, 0.3) is 0 Å². The molecule has 1 aliphatic heterocycles. The Labute approximate surface area is 163 Å². The summed E-state index contributed by atoms with van der Waals surface area (Å²) in [5.41, 5.74) is 3.30. The van der Waals surface area contributed by atoms with E-state index in [1.54, 1.807) is 31.2 Å². The monoisotopic (exact) mass is 381 g/mol. The van der Waals surface area contributed by atoms with E-state index in [1.165, 1.54) is 4.90 Å². The first-order valence-electron chi connectivity index (χ1n) is 9.06. The summed E-state index contributed by atoms with van der Waals surface area (Å²) in [6.45, 7) is 5.17. The number of carbonyl (C=O) groups excluding carboxylic acids is 3. The lowest BCUT2D eigenvalue weighted by molar-refractivity contribution is -0.128. The van der Waals surface area contributed by atoms with Crippen molar-refractivity contribution < 1.29 is 19.1 Å². The molecule has 0 spiro atoms. The highest BCUT2D eigenvalue weighted by Crippen LogP contribution is 2.33. The van der Waals surface area contributed by atoms with Gasteiger partial charge in [0, 0.05) is 5.69 Å². The van der Waals surface area contributed by atoms with E-state index in [0.29, 0.717) is 17.1 Å². The van der Waals surface area contributed by atoms with Gasteiger partial charge in [-0.25, -0.2) is 0 Å². The van der Waals surface area contributed by atoms with Gasteiger partial charge in [-0.15, -0.1) is 0 Å². The molecule has 1 heterocycles. The molecule has 0 radical (unpaired) electrons. The summed E-state index contributed by atoms with van der Waals surface area (Å²) in [5, 5.41) is 5.35. The molecule has 1 atom stereocenters. The summed E-state index contributed by atoms with van der Waals surface area (Å²) >= 11 is 0. The van der Waals surface area contributed by atoms with Crippen molar-refractivity contribution >= 4 is 29.1 Å². The molecule has 0 saturated carbocycles. The number of nitrogens with one attached hydrogen (secondary N) is 2. The van der Waals surface area contributed by atoms with E-state index >= 15 is 0 Å². The SMILES string of the molecule is Cc1cccc(NC(=O)CNC(=O)CN2C(=O)[C@H](C)Oc3ccccc32)c1C. The van der Waals surface area contributed by atoms with Crippen molar-refractivity contribution in [1.82, 2.24) is 5.32 Å². The molecular formula is C21H23N3O4. The summed E-state index contributed by atoms with van der Waals surface area (Å²) in [4.78, 5) is 38.3. The van der Waals surface area contributed by atoms with Gasteiger partial charge in [0.05, 0.1) is 12.2 Å². The lowest BCUT2D eigenvalue weighted by Crippen LogP contribution is -2.49. The molecule has 28 heavy (non-hydrogen) atoms. The summed E-state index contributed by atoms with van der Waals surface area (Å²) in [6.07, 6.45) is -0.671. The Balaban J connectivity index is 1.59. The normalized spacial score (nSPS) is 15.5. The van der Waals surface area contributed by atoms with Gasteiger partial charge in [0.2, 0.25) is 11.8 Å². The maximum Gasteiger partial charge on any atom is 0.268 e. The van der Waals surface area contributed by atoms with Gasteiger partial charge in [-0.05, 0) is 50.1 Å². The number of ether oxygens (including phenoxy) is 1. The van der Waals surface area contributed by atoms with Gasteiger partial charge in [0.25, 0.3) is 5.91 Å². The zero-order chi connectivity index (χ0) is 20.3. The molecule has 2 N–H and O–H groups in total. The van der Waals surface area contributed by atoms with Crippen molar-refractivity contribution in [3.05, 3.63) is 53.6 Å². The van der Waals surface area contributed by atoms with E-state index in [0.717, 1.165) is 11.1 Å². The third kappa shape index (κ3) is 4.14. The van der Waals surface area contributed by atoms with Crippen LogP contribution in [0, 0.1) is 13.8 Å². The Bertz CT molecular complexity index is 926. The van der Waals surface area contributed by atoms with E-state index in [2.05, 4.69) is 10.6 Å². The highest BCUT2D eigenvalue weighted by Gasteiger charge is 2.32. The topological polar surface area (TPSA) is 87.7 Å². The zero-order valence-corrected chi connectivity index (χ0v) is 16.1. The fraction of sp³-hybridized carbons (Fsp3) is 0.286. The first-order chi connectivity index (χ1) is 13.4. The lowest BCUT2D eigenvalue weighted by Gasteiger charge is -2.32. The van der Waals surface area contributed by atoms with Crippen LogP contribution in [-0.2, 0) is 14.4 Å². The number of anilines is 2. The first kappa shape index (κ1) is 19.4. The standard InChI is InChI=1S/C21H23N3O4/c1-13-7-6-8-16(14(13)2)23-19(25)11-22-20(26)12-24-17-9-4-5-10-18(17)28-15(3)21(24)27/h4-10,15H,11-12H2,1-3H3,(H,22,26)(H,23,25)/t15-/m0/s1. The Morgan fingerprint density at radius 3 is 2.61 bits per heavy atom. The molecule has 0 saturated heterocycles. The molecule has 0 aliphatic carbocycles. The third-order valence-electron chi connectivity index (χ3n) is 4.70. The smallest absolute Gasteiger partial charge is 0.268 e. The number of para-hydroxylation sites is 2. The molecule has 7 nitrogen and oxygen atoms in total. The Kier molecular flexibility index (Phi) is 5.63. The highest BCUT2D eigenvalue weighted by atomic mass is 16.5. The predicted octanol–water partition coefficient (Wildman–Crippen LogP) is 2.17. The van der Waals surface area contributed by atoms with Crippen LogP contribution in [0.5, 0.6) is 5.75 Å². The van der Waals surface area contributed by atoms with Gasteiger partial charge >= 0.3 is 0 Å². The quantitative estimate of drug-likeness (QED) is 0.831. The molecule has 3 amide bonds. The number of hydrogen-bond acceptors (Lipinski definition) is 4. The van der Waals surface area contributed by atoms with Crippen molar-refractivity contribution in [2.24, 2.45) is 0 Å². The second-order valence-electron chi connectivity index (χ2n) is 6.72. The van der Waals surface area contributed by atoms with Gasteiger partial charge < -0.3 is 15.4 Å². The molecular weight excluding hydrogens is 358 g/mol. The highest BCUT2D eigenvalue weighted by molar-refractivity contribution is 6.04. The fourth-order valence-corrected chi connectivity index (χ4v) is 2.98. The van der Waals surface area contributed by atoms with Crippen LogP contribution >= 0.6 is 0 Å². The molecule has 3 rings (SSSR count). The molecule has 146 valence electrons. The number of benzene rings is 2. The third-order valence-corrected chi connectivity index (χ3v) is 4.70. The van der Waals surface area contributed by atoms with E-state index in [-0.39, 0.29) is 24.9 Å². The average molecular weight is 381 g/mol. The average Bonchev–Trinajstić information content (AvgIpc) is 2.67. The largest absolute Gasteiger partial charge is 0.479 e. The number of nitrogens with zero attached hydrogens (tertiary/aromatic N) is 1. The maximum atomic E-state index is 12.4. The minimum absolute atomic E-state index is 0.179. The number of hydrogen-bond donors (Lipinski definition) is 2. The maximum absolute atomic E-state index is 12.4. The fourth-order valence-electron chi connectivity index (χ4n) is 2.98. The molecule has 0 aromatic heterocycles. The van der Waals surface area contributed by atoms with E-state index in [1.807, 2.05) is 32.0 Å². The van der Waals surface area contributed by atoms with E-state index < -0.39 is 12.0 Å². The van der Waals surface area contributed by atoms with Crippen LogP contribution < -0.4 is 20.3 Å². The molecule has 0 bridgehead atoms. The van der Waals surface area contributed by atoms with Crippen LogP contribution in [0.2, 0.25) is 0 Å². The van der Waals surface area contributed by atoms with E-state index in [9.17, 15) is 14.4 Å². The minimum atomic E-state index is -0.671.